The van der Waals surface area contributed by atoms with Gasteiger partial charge < -0.3 is 24.0 Å². The molecule has 3 amide bonds. The average molecular weight is 904 g/mol. The molecule has 0 saturated carbocycles. The molecule has 0 bridgehead atoms. The molecule has 0 heterocycles. The number of likely N-dealkylation sites (N-methyl/N-ethyl adjacent to an activating group) is 2. The van der Waals surface area contributed by atoms with E-state index in [0.717, 1.165) is 27.9 Å². The van der Waals surface area contributed by atoms with Crippen molar-refractivity contribution < 1.29 is 28.6 Å². The maximum absolute atomic E-state index is 12.7. The number of amides is 3. The lowest BCUT2D eigenvalue weighted by Gasteiger charge is -2.34. The minimum Gasteiger partial charge on any atom is -0.490 e. The number of halogens is 2. The normalized spacial score (nSPS) is 13.8. The zero-order valence-electron chi connectivity index (χ0n) is 30.9. The molecule has 2 aromatic carbocycles. The molecule has 4 atom stereocenters. The molecule has 0 N–H and O–H groups in total. The van der Waals surface area contributed by atoms with E-state index in [9.17, 15) is 14.4 Å². The van der Waals surface area contributed by atoms with Gasteiger partial charge in [-0.15, -0.1) is 0 Å². The minimum atomic E-state index is -0.613. The topological polar surface area (TPSA) is 88.6 Å². The molecule has 0 aromatic heterocycles. The van der Waals surface area contributed by atoms with Gasteiger partial charge >= 0.3 is 6.09 Å². The van der Waals surface area contributed by atoms with Crippen molar-refractivity contribution in [3.8, 4) is 11.5 Å². The van der Waals surface area contributed by atoms with Gasteiger partial charge in [0.25, 0.3) is 0 Å². The van der Waals surface area contributed by atoms with Gasteiger partial charge in [0, 0.05) is 48.0 Å². The first kappa shape index (κ1) is 44.2. The molecule has 0 aliphatic rings. The Kier molecular flexibility index (Phi) is 19.9. The SMILES string of the molecule is CC(CC/C=C/C(=O)N(C)C)C(C)Oc1ccc(I)cc1.CC(Oc1ccc(I)cc1)C(C)N(C/C=C/C(=O)N(C)C)C(=O)OC(C)(C)C. The van der Waals surface area contributed by atoms with Crippen molar-refractivity contribution in [2.75, 3.05) is 34.7 Å². The van der Waals surface area contributed by atoms with Gasteiger partial charge in [0.1, 0.15) is 23.2 Å². The summed E-state index contributed by atoms with van der Waals surface area (Å²) in [7, 11) is 6.87. The lowest BCUT2D eigenvalue weighted by atomic mass is 10.00. The molecular formula is C38H55I2N3O6. The van der Waals surface area contributed by atoms with Crippen LogP contribution in [0.15, 0.2) is 72.8 Å². The number of hydrogen-bond donors (Lipinski definition) is 0. The van der Waals surface area contributed by atoms with E-state index in [2.05, 4.69) is 59.0 Å². The fourth-order valence-electron chi connectivity index (χ4n) is 3.99. The third-order valence-electron chi connectivity index (χ3n) is 7.36. The summed E-state index contributed by atoms with van der Waals surface area (Å²) in [5.74, 6) is 1.98. The van der Waals surface area contributed by atoms with Crippen LogP contribution in [0, 0.1) is 13.1 Å². The van der Waals surface area contributed by atoms with Crippen LogP contribution >= 0.6 is 45.2 Å². The Morgan fingerprint density at radius 2 is 1.14 bits per heavy atom. The Balaban J connectivity index is 0.000000510. The fraction of sp³-hybridized carbons (Fsp3) is 0.500. The summed E-state index contributed by atoms with van der Waals surface area (Å²) < 4.78 is 19.8. The molecule has 9 nitrogen and oxygen atoms in total. The molecule has 0 saturated heterocycles. The van der Waals surface area contributed by atoms with Crippen molar-refractivity contribution in [3.05, 3.63) is 80.0 Å². The zero-order valence-corrected chi connectivity index (χ0v) is 35.2. The maximum atomic E-state index is 12.7. The number of hydrogen-bond acceptors (Lipinski definition) is 6. The highest BCUT2D eigenvalue weighted by molar-refractivity contribution is 14.1. The second-order valence-corrected chi connectivity index (χ2v) is 15.7. The van der Waals surface area contributed by atoms with Crippen LogP contribution in [0.3, 0.4) is 0 Å². The highest BCUT2D eigenvalue weighted by Gasteiger charge is 2.29. The first-order valence-electron chi connectivity index (χ1n) is 16.4. The number of rotatable bonds is 14. The fourth-order valence-corrected chi connectivity index (χ4v) is 4.71. The quantitative estimate of drug-likeness (QED) is 0.140. The maximum Gasteiger partial charge on any atom is 0.410 e. The van der Waals surface area contributed by atoms with Crippen molar-refractivity contribution >= 4 is 63.1 Å². The Labute approximate surface area is 321 Å². The number of carbonyl (C=O) groups excluding carboxylic acids is 3. The molecule has 49 heavy (non-hydrogen) atoms. The lowest BCUT2D eigenvalue weighted by molar-refractivity contribution is -0.124. The van der Waals surface area contributed by atoms with Crippen molar-refractivity contribution in [2.24, 2.45) is 5.92 Å². The monoisotopic (exact) mass is 903 g/mol. The van der Waals surface area contributed by atoms with Crippen LogP contribution in [0.2, 0.25) is 0 Å². The van der Waals surface area contributed by atoms with E-state index in [1.807, 2.05) is 89.2 Å². The van der Waals surface area contributed by atoms with E-state index < -0.39 is 11.7 Å². The number of allylic oxidation sites excluding steroid dienone is 1. The molecule has 11 heteroatoms. The summed E-state index contributed by atoms with van der Waals surface area (Å²) >= 11 is 4.52. The van der Waals surface area contributed by atoms with Gasteiger partial charge in [0.05, 0.1) is 12.1 Å². The summed E-state index contributed by atoms with van der Waals surface area (Å²) in [6, 6.07) is 15.6. The van der Waals surface area contributed by atoms with E-state index in [-0.39, 0.29) is 36.6 Å². The van der Waals surface area contributed by atoms with Gasteiger partial charge in [0.15, 0.2) is 0 Å². The number of ether oxygens (including phenoxy) is 3. The second-order valence-electron chi connectivity index (χ2n) is 13.3. The second kappa shape index (κ2) is 22.1. The summed E-state index contributed by atoms with van der Waals surface area (Å²) in [6.45, 7) is 13.8. The molecule has 0 radical (unpaired) electrons. The minimum absolute atomic E-state index is 0.0332. The van der Waals surface area contributed by atoms with E-state index >= 15 is 0 Å². The third kappa shape index (κ3) is 18.7. The first-order valence-corrected chi connectivity index (χ1v) is 18.6. The van der Waals surface area contributed by atoms with E-state index in [4.69, 9.17) is 14.2 Å². The average Bonchev–Trinajstić information content (AvgIpc) is 3.02. The summed E-state index contributed by atoms with van der Waals surface area (Å²) in [6.07, 6.45) is 8.03. The number of nitrogens with zero attached hydrogens (tertiary/aromatic N) is 3. The molecule has 0 aliphatic carbocycles. The van der Waals surface area contributed by atoms with E-state index in [1.54, 1.807) is 50.1 Å². The number of benzene rings is 2. The molecule has 0 aliphatic heterocycles. The van der Waals surface area contributed by atoms with Gasteiger partial charge in [-0.25, -0.2) is 4.79 Å². The highest BCUT2D eigenvalue weighted by atomic mass is 127. The largest absolute Gasteiger partial charge is 0.490 e. The van der Waals surface area contributed by atoms with Crippen LogP contribution < -0.4 is 9.47 Å². The Morgan fingerprint density at radius 1 is 0.714 bits per heavy atom. The Bertz CT molecular complexity index is 1360. The van der Waals surface area contributed by atoms with Crippen molar-refractivity contribution in [1.29, 1.82) is 0 Å². The van der Waals surface area contributed by atoms with Gasteiger partial charge in [-0.05, 0) is 160 Å². The molecule has 4 unspecified atom stereocenters. The predicted molar refractivity (Wildman–Crippen MR) is 215 cm³/mol. The molecular weight excluding hydrogens is 848 g/mol. The van der Waals surface area contributed by atoms with Crippen molar-refractivity contribution in [1.82, 2.24) is 14.7 Å². The molecule has 0 spiro atoms. The summed E-state index contributed by atoms with van der Waals surface area (Å²) in [5.41, 5.74) is -0.613. The standard InChI is InChI=1S/C21H31IN2O4.C17H24INO2/c1-15(16(2)27-18-12-10-17(22)11-13-18)24(20(26)28-21(3,4)5)14-8-9-19(25)23(6)7;1-13(7-5-6-8-17(20)19(3)4)14(2)21-16-11-9-15(18)10-12-16/h8-13,15-16H,14H2,1-7H3;6,8-14H,5,7H2,1-4H3/b9-8+;8-6+. The summed E-state index contributed by atoms with van der Waals surface area (Å²) in [4.78, 5) is 40.5. The van der Waals surface area contributed by atoms with Crippen LogP contribution in [-0.4, -0.2) is 91.2 Å². The first-order chi connectivity index (χ1) is 22.8. The molecule has 272 valence electrons. The van der Waals surface area contributed by atoms with Crippen molar-refractivity contribution in [3.63, 3.8) is 0 Å². The van der Waals surface area contributed by atoms with Crippen LogP contribution in [-0.2, 0) is 14.3 Å². The van der Waals surface area contributed by atoms with Crippen LogP contribution in [0.1, 0.15) is 61.3 Å². The smallest absolute Gasteiger partial charge is 0.410 e. The van der Waals surface area contributed by atoms with Gasteiger partial charge in [-0.3, -0.25) is 14.5 Å². The highest BCUT2D eigenvalue weighted by Crippen LogP contribution is 2.21. The van der Waals surface area contributed by atoms with Crippen molar-refractivity contribution in [2.45, 2.75) is 85.2 Å². The van der Waals surface area contributed by atoms with Gasteiger partial charge in [0.2, 0.25) is 11.8 Å². The Morgan fingerprint density at radius 3 is 1.57 bits per heavy atom. The molecule has 2 aromatic rings. The molecule has 0 fully saturated rings. The molecule has 2 rings (SSSR count). The van der Waals surface area contributed by atoms with Gasteiger partial charge in [-0.1, -0.05) is 19.1 Å². The third-order valence-corrected chi connectivity index (χ3v) is 8.80. The predicted octanol–water partition coefficient (Wildman–Crippen LogP) is 8.45. The van der Waals surface area contributed by atoms with Crippen LogP contribution in [0.5, 0.6) is 11.5 Å². The summed E-state index contributed by atoms with van der Waals surface area (Å²) in [5, 5.41) is 0. The lowest BCUT2D eigenvalue weighted by Crippen LogP contribution is -2.48. The van der Waals surface area contributed by atoms with Crippen LogP contribution in [0.4, 0.5) is 4.79 Å². The Hall–Kier alpha value is -2.81. The van der Waals surface area contributed by atoms with E-state index in [0.29, 0.717) is 5.92 Å². The number of carbonyl (C=O) groups is 3. The van der Waals surface area contributed by atoms with E-state index in [1.165, 1.54) is 14.5 Å². The van der Waals surface area contributed by atoms with Crippen LogP contribution in [0.25, 0.3) is 0 Å². The zero-order chi connectivity index (χ0) is 37.3. The van der Waals surface area contributed by atoms with Gasteiger partial charge in [-0.2, -0.15) is 0 Å².